The molecule has 2 aliphatic rings. The summed E-state index contributed by atoms with van der Waals surface area (Å²) in [5, 5.41) is 13.7. The molecule has 0 spiro atoms. The fourth-order valence-electron chi connectivity index (χ4n) is 3.87. The number of pyridine rings is 1. The van der Waals surface area contributed by atoms with Gasteiger partial charge in [0.2, 0.25) is 0 Å². The third-order valence-electron chi connectivity index (χ3n) is 5.43. The smallest absolute Gasteiger partial charge is 0.253 e. The summed E-state index contributed by atoms with van der Waals surface area (Å²) in [7, 11) is 0. The van der Waals surface area contributed by atoms with E-state index in [1.165, 1.54) is 12.3 Å². The summed E-state index contributed by atoms with van der Waals surface area (Å²) >= 11 is 5.93. The fourth-order valence-corrected chi connectivity index (χ4v) is 4.04. The molecule has 2 heterocycles. The molecule has 2 N–H and O–H groups in total. The van der Waals surface area contributed by atoms with Gasteiger partial charge in [0.15, 0.2) is 0 Å². The molecule has 1 aromatic carbocycles. The number of likely N-dealkylation sites (tertiary alicyclic amines) is 1. The number of nitrogens with one attached hydrogen (secondary N) is 1. The summed E-state index contributed by atoms with van der Waals surface area (Å²) < 4.78 is 13.0. The number of rotatable bonds is 3. The number of halogens is 2. The van der Waals surface area contributed by atoms with Gasteiger partial charge in [0.25, 0.3) is 5.91 Å². The van der Waals surface area contributed by atoms with Crippen molar-refractivity contribution in [3.05, 3.63) is 35.0 Å². The van der Waals surface area contributed by atoms with Crippen molar-refractivity contribution in [1.82, 2.24) is 15.2 Å². The second-order valence-electron chi connectivity index (χ2n) is 7.25. The molecule has 1 aromatic heterocycles. The maximum absolute atomic E-state index is 13.0. The lowest BCUT2D eigenvalue weighted by Crippen LogP contribution is -2.55. The van der Waals surface area contributed by atoms with Crippen LogP contribution in [0.5, 0.6) is 5.75 Å². The molecular weight excluding hydrogens is 357 g/mol. The van der Waals surface area contributed by atoms with Gasteiger partial charge in [-0.25, -0.2) is 4.39 Å². The van der Waals surface area contributed by atoms with Crippen LogP contribution in [0.15, 0.2) is 24.4 Å². The van der Waals surface area contributed by atoms with Gasteiger partial charge >= 0.3 is 0 Å². The summed E-state index contributed by atoms with van der Waals surface area (Å²) in [4.78, 5) is 19.0. The van der Waals surface area contributed by atoms with Gasteiger partial charge in [-0.3, -0.25) is 14.7 Å². The van der Waals surface area contributed by atoms with Crippen molar-refractivity contribution in [3.63, 3.8) is 0 Å². The predicted octanol–water partition coefficient (Wildman–Crippen LogP) is 3.29. The van der Waals surface area contributed by atoms with Gasteiger partial charge in [-0.1, -0.05) is 11.6 Å². The number of hydrogen-bond acceptors (Lipinski definition) is 4. The lowest BCUT2D eigenvalue weighted by Gasteiger charge is -2.43. The van der Waals surface area contributed by atoms with E-state index >= 15 is 0 Å². The van der Waals surface area contributed by atoms with E-state index in [-0.39, 0.29) is 22.7 Å². The van der Waals surface area contributed by atoms with E-state index < -0.39 is 6.17 Å². The Morgan fingerprint density at radius 3 is 2.65 bits per heavy atom. The van der Waals surface area contributed by atoms with Crippen molar-refractivity contribution in [1.29, 1.82) is 0 Å². The number of fused-ring (bicyclic) bond motifs is 1. The molecular formula is C19H21ClFN3O2. The number of amides is 1. The van der Waals surface area contributed by atoms with Crippen LogP contribution in [-0.4, -0.2) is 52.2 Å². The first-order valence-electron chi connectivity index (χ1n) is 8.97. The molecule has 26 heavy (non-hydrogen) atoms. The van der Waals surface area contributed by atoms with Crippen molar-refractivity contribution < 1.29 is 14.3 Å². The van der Waals surface area contributed by atoms with E-state index in [1.54, 1.807) is 12.1 Å². The van der Waals surface area contributed by atoms with Gasteiger partial charge in [0.05, 0.1) is 16.1 Å². The van der Waals surface area contributed by atoms with Crippen LogP contribution in [0.4, 0.5) is 4.39 Å². The number of alkyl halides is 1. The lowest BCUT2D eigenvalue weighted by molar-refractivity contribution is 0.0110. The maximum Gasteiger partial charge on any atom is 0.253 e. The zero-order valence-electron chi connectivity index (χ0n) is 14.3. The molecule has 0 atom stereocenters. The number of carbonyl (C=O) groups excluding carboxylic acids is 1. The highest BCUT2D eigenvalue weighted by Gasteiger charge is 2.34. The molecule has 1 aliphatic carbocycles. The van der Waals surface area contributed by atoms with Crippen molar-refractivity contribution in [2.45, 2.75) is 43.9 Å². The Bertz CT molecular complexity index is 833. The van der Waals surface area contributed by atoms with Crippen molar-refractivity contribution in [3.8, 4) is 5.75 Å². The fraction of sp³-hybridized carbons (Fsp3) is 0.474. The molecule has 0 radical (unpaired) electrons. The standard InChI is InChI=1S/C19H21ClFN3O2/c20-16-6-11-5-12(8-22-17(11)7-18(16)25)19(26)23-14-1-3-15(4-2-14)24-9-13(21)10-24/h5-8,13-15,25H,1-4,9-10H2,(H,23,26)/t14-,15-. The first-order valence-corrected chi connectivity index (χ1v) is 9.34. The van der Waals surface area contributed by atoms with Crippen LogP contribution < -0.4 is 5.32 Å². The van der Waals surface area contributed by atoms with Crippen LogP contribution >= 0.6 is 11.6 Å². The van der Waals surface area contributed by atoms with E-state index in [0.29, 0.717) is 35.6 Å². The Balaban J connectivity index is 1.37. The highest BCUT2D eigenvalue weighted by Crippen LogP contribution is 2.29. The molecule has 1 aliphatic heterocycles. The van der Waals surface area contributed by atoms with Crippen LogP contribution in [0, 0.1) is 0 Å². The molecule has 1 saturated carbocycles. The third kappa shape index (κ3) is 3.48. The summed E-state index contributed by atoms with van der Waals surface area (Å²) in [6, 6.07) is 5.41. The average molecular weight is 378 g/mol. The van der Waals surface area contributed by atoms with Crippen LogP contribution in [-0.2, 0) is 0 Å². The number of benzene rings is 1. The molecule has 7 heteroatoms. The van der Waals surface area contributed by atoms with Crippen LogP contribution in [0.3, 0.4) is 0 Å². The van der Waals surface area contributed by atoms with Crippen LogP contribution in [0.1, 0.15) is 36.0 Å². The van der Waals surface area contributed by atoms with Gasteiger partial charge in [-0.15, -0.1) is 0 Å². The van der Waals surface area contributed by atoms with E-state index in [9.17, 15) is 14.3 Å². The number of hydrogen-bond donors (Lipinski definition) is 2. The highest BCUT2D eigenvalue weighted by atomic mass is 35.5. The van der Waals surface area contributed by atoms with Gasteiger partial charge in [0.1, 0.15) is 11.9 Å². The third-order valence-corrected chi connectivity index (χ3v) is 5.73. The minimum absolute atomic E-state index is 0.0260. The molecule has 4 rings (SSSR count). The van der Waals surface area contributed by atoms with Crippen molar-refractivity contribution in [2.24, 2.45) is 0 Å². The van der Waals surface area contributed by atoms with E-state index in [2.05, 4.69) is 15.2 Å². The first kappa shape index (κ1) is 17.5. The number of aromatic nitrogens is 1. The summed E-state index contributed by atoms with van der Waals surface area (Å²) in [6.07, 6.45) is 4.64. The highest BCUT2D eigenvalue weighted by molar-refractivity contribution is 6.32. The Morgan fingerprint density at radius 1 is 1.23 bits per heavy atom. The summed E-state index contributed by atoms with van der Waals surface area (Å²) in [5.74, 6) is -0.179. The predicted molar refractivity (Wildman–Crippen MR) is 98.4 cm³/mol. The summed E-state index contributed by atoms with van der Waals surface area (Å²) in [5.41, 5.74) is 1.06. The topological polar surface area (TPSA) is 65.5 Å². The molecule has 1 saturated heterocycles. The quantitative estimate of drug-likeness (QED) is 0.861. The Labute approximate surface area is 156 Å². The normalized spacial score (nSPS) is 24.4. The molecule has 0 unspecified atom stereocenters. The molecule has 138 valence electrons. The minimum Gasteiger partial charge on any atom is -0.506 e. The molecule has 0 bridgehead atoms. The lowest BCUT2D eigenvalue weighted by atomic mass is 9.88. The number of phenolic OH excluding ortho intramolecular Hbond substituents is 1. The first-order chi connectivity index (χ1) is 12.5. The number of nitrogens with zero attached hydrogens (tertiary/aromatic N) is 2. The van der Waals surface area contributed by atoms with Crippen molar-refractivity contribution >= 4 is 28.4 Å². The van der Waals surface area contributed by atoms with Gasteiger partial charge in [-0.05, 0) is 37.8 Å². The van der Waals surface area contributed by atoms with Crippen molar-refractivity contribution in [2.75, 3.05) is 13.1 Å². The zero-order chi connectivity index (χ0) is 18.3. The second-order valence-corrected chi connectivity index (χ2v) is 7.66. The Hall–Kier alpha value is -1.92. The Kier molecular flexibility index (Phi) is 4.71. The van der Waals surface area contributed by atoms with Crippen LogP contribution in [0.25, 0.3) is 10.9 Å². The number of aromatic hydroxyl groups is 1. The number of phenols is 1. The maximum atomic E-state index is 13.0. The SMILES string of the molecule is O=C(N[C@H]1CC[C@H](N2CC(F)C2)CC1)c1cnc2cc(O)c(Cl)cc2c1. The second kappa shape index (κ2) is 7.00. The number of carbonyl (C=O) groups is 1. The average Bonchev–Trinajstić information content (AvgIpc) is 2.60. The van der Waals surface area contributed by atoms with Crippen LogP contribution in [0.2, 0.25) is 5.02 Å². The molecule has 1 amide bonds. The molecule has 2 fully saturated rings. The van der Waals surface area contributed by atoms with Gasteiger partial charge in [0, 0.05) is 42.8 Å². The van der Waals surface area contributed by atoms with E-state index in [1.807, 2.05) is 0 Å². The van der Waals surface area contributed by atoms with Gasteiger partial charge < -0.3 is 10.4 Å². The largest absolute Gasteiger partial charge is 0.506 e. The van der Waals surface area contributed by atoms with E-state index in [0.717, 1.165) is 25.7 Å². The molecule has 2 aromatic rings. The Morgan fingerprint density at radius 2 is 1.96 bits per heavy atom. The minimum atomic E-state index is -0.664. The zero-order valence-corrected chi connectivity index (χ0v) is 15.0. The molecule has 5 nitrogen and oxygen atoms in total. The monoisotopic (exact) mass is 377 g/mol. The van der Waals surface area contributed by atoms with E-state index in [4.69, 9.17) is 11.6 Å². The van der Waals surface area contributed by atoms with Gasteiger partial charge in [-0.2, -0.15) is 0 Å². The summed E-state index contributed by atoms with van der Waals surface area (Å²) in [6.45, 7) is 1.12.